The van der Waals surface area contributed by atoms with Crippen molar-refractivity contribution in [1.82, 2.24) is 10.2 Å². The first-order chi connectivity index (χ1) is 20.5. The van der Waals surface area contributed by atoms with Crippen LogP contribution in [0.3, 0.4) is 0 Å². The molecule has 0 radical (unpaired) electrons. The molecule has 0 heterocycles. The molecular formula is C33H43N3O5S2. The van der Waals surface area contributed by atoms with Gasteiger partial charge in [-0.05, 0) is 74.4 Å². The fraction of sp³-hybridized carbons (Fsp3) is 0.394. The maximum Gasteiger partial charge on any atom is 0.264 e. The molecule has 0 aliphatic carbocycles. The molecule has 3 aromatic carbocycles. The Bertz CT molecular complexity index is 1480. The molecule has 0 fully saturated rings. The molecule has 1 N–H and O–H groups in total. The molecule has 3 aromatic rings. The summed E-state index contributed by atoms with van der Waals surface area (Å²) < 4.78 is 35.3. The monoisotopic (exact) mass is 625 g/mol. The maximum atomic E-state index is 14.3. The Morgan fingerprint density at radius 1 is 0.977 bits per heavy atom. The SMILES string of the molecule is CCOc1ccccc1N(CC(=O)N(Cc1cccc(C)c1)[C@@H](CC)C(=O)NCC(C)C)S(=O)(=O)c1ccc(SC)cc1. The molecule has 232 valence electrons. The number of thioether (sulfide) groups is 1. The van der Waals surface area contributed by atoms with Crippen LogP contribution in [-0.2, 0) is 26.2 Å². The first-order valence-corrected chi connectivity index (χ1v) is 17.2. The number of rotatable bonds is 15. The van der Waals surface area contributed by atoms with Crippen molar-refractivity contribution in [2.45, 2.75) is 63.4 Å². The van der Waals surface area contributed by atoms with Gasteiger partial charge in [-0.2, -0.15) is 0 Å². The third kappa shape index (κ3) is 9.00. The average Bonchev–Trinajstić information content (AvgIpc) is 2.99. The van der Waals surface area contributed by atoms with Crippen LogP contribution in [0.1, 0.15) is 45.2 Å². The fourth-order valence-electron chi connectivity index (χ4n) is 4.68. The molecule has 8 nitrogen and oxygen atoms in total. The number of carbonyl (C=O) groups is 2. The molecule has 0 unspecified atom stereocenters. The van der Waals surface area contributed by atoms with Crippen LogP contribution >= 0.6 is 11.8 Å². The Labute approximate surface area is 260 Å². The second-order valence-electron chi connectivity index (χ2n) is 10.7. The quantitative estimate of drug-likeness (QED) is 0.212. The molecule has 3 rings (SSSR count). The minimum Gasteiger partial charge on any atom is -0.492 e. The summed E-state index contributed by atoms with van der Waals surface area (Å²) in [5.74, 6) is -0.192. The van der Waals surface area contributed by atoms with Gasteiger partial charge in [-0.3, -0.25) is 13.9 Å². The summed E-state index contributed by atoms with van der Waals surface area (Å²) in [4.78, 5) is 30.2. The number of ether oxygens (including phenoxy) is 1. The van der Waals surface area contributed by atoms with Gasteiger partial charge in [0.1, 0.15) is 18.3 Å². The molecule has 0 aliphatic rings. The van der Waals surface area contributed by atoms with Gasteiger partial charge in [-0.25, -0.2) is 8.42 Å². The van der Waals surface area contributed by atoms with Crippen molar-refractivity contribution in [2.75, 3.05) is 30.3 Å². The summed E-state index contributed by atoms with van der Waals surface area (Å²) in [6.07, 6.45) is 2.27. The number of amides is 2. The summed E-state index contributed by atoms with van der Waals surface area (Å²) in [5, 5.41) is 2.96. The summed E-state index contributed by atoms with van der Waals surface area (Å²) in [6.45, 7) is 10.0. The smallest absolute Gasteiger partial charge is 0.264 e. The van der Waals surface area contributed by atoms with E-state index >= 15 is 0 Å². The van der Waals surface area contributed by atoms with Gasteiger partial charge >= 0.3 is 0 Å². The maximum absolute atomic E-state index is 14.3. The Balaban J connectivity index is 2.10. The number of benzene rings is 3. The van der Waals surface area contributed by atoms with Gasteiger partial charge in [0.05, 0.1) is 17.2 Å². The van der Waals surface area contributed by atoms with Gasteiger partial charge in [-0.1, -0.05) is 62.7 Å². The zero-order chi connectivity index (χ0) is 31.6. The number of anilines is 1. The van der Waals surface area contributed by atoms with Gasteiger partial charge < -0.3 is 15.0 Å². The third-order valence-electron chi connectivity index (χ3n) is 6.87. The van der Waals surface area contributed by atoms with E-state index in [0.29, 0.717) is 25.3 Å². The van der Waals surface area contributed by atoms with Crippen molar-refractivity contribution in [1.29, 1.82) is 0 Å². The highest BCUT2D eigenvalue weighted by molar-refractivity contribution is 7.98. The lowest BCUT2D eigenvalue weighted by atomic mass is 10.1. The number of aryl methyl sites for hydroxylation is 1. The predicted octanol–water partition coefficient (Wildman–Crippen LogP) is 5.89. The summed E-state index contributed by atoms with van der Waals surface area (Å²) in [5.41, 5.74) is 2.12. The van der Waals surface area contributed by atoms with Crippen LogP contribution in [-0.4, -0.2) is 57.1 Å². The number of nitrogens with zero attached hydrogens (tertiary/aromatic N) is 2. The van der Waals surface area contributed by atoms with E-state index in [-0.39, 0.29) is 29.0 Å². The Morgan fingerprint density at radius 2 is 1.67 bits per heavy atom. The Hall–Kier alpha value is -3.50. The first-order valence-electron chi connectivity index (χ1n) is 14.5. The molecule has 0 saturated carbocycles. The number of para-hydroxylation sites is 2. The average molecular weight is 626 g/mol. The van der Waals surface area contributed by atoms with Crippen molar-refractivity contribution >= 4 is 39.3 Å². The first kappa shape index (κ1) is 34.0. The Morgan fingerprint density at radius 3 is 2.28 bits per heavy atom. The van der Waals surface area contributed by atoms with E-state index in [4.69, 9.17) is 4.74 Å². The molecule has 2 amide bonds. The van der Waals surface area contributed by atoms with E-state index in [1.54, 1.807) is 48.5 Å². The van der Waals surface area contributed by atoms with E-state index in [1.165, 1.54) is 16.7 Å². The van der Waals surface area contributed by atoms with Crippen molar-refractivity contribution in [3.63, 3.8) is 0 Å². The molecule has 0 bridgehead atoms. The second-order valence-corrected chi connectivity index (χ2v) is 13.4. The van der Waals surface area contributed by atoms with Crippen LogP contribution in [0.25, 0.3) is 0 Å². The highest BCUT2D eigenvalue weighted by atomic mass is 32.2. The van der Waals surface area contributed by atoms with Crippen LogP contribution in [0.15, 0.2) is 82.6 Å². The van der Waals surface area contributed by atoms with E-state index < -0.39 is 28.5 Å². The highest BCUT2D eigenvalue weighted by Gasteiger charge is 2.34. The molecule has 0 aromatic heterocycles. The summed E-state index contributed by atoms with van der Waals surface area (Å²) in [7, 11) is -4.21. The number of hydrogen-bond acceptors (Lipinski definition) is 6. The molecule has 0 spiro atoms. The van der Waals surface area contributed by atoms with Crippen LogP contribution < -0.4 is 14.4 Å². The van der Waals surface area contributed by atoms with Crippen LogP contribution in [0.2, 0.25) is 0 Å². The Kier molecular flexibility index (Phi) is 12.5. The minimum absolute atomic E-state index is 0.0522. The highest BCUT2D eigenvalue weighted by Crippen LogP contribution is 2.33. The van der Waals surface area contributed by atoms with Crippen molar-refractivity contribution in [2.24, 2.45) is 5.92 Å². The summed E-state index contributed by atoms with van der Waals surface area (Å²) >= 11 is 1.51. The number of sulfonamides is 1. The van der Waals surface area contributed by atoms with Gasteiger partial charge in [0.15, 0.2) is 0 Å². The van der Waals surface area contributed by atoms with Crippen molar-refractivity contribution in [3.8, 4) is 5.75 Å². The topological polar surface area (TPSA) is 96.0 Å². The van der Waals surface area contributed by atoms with Gasteiger partial charge in [0.2, 0.25) is 11.8 Å². The van der Waals surface area contributed by atoms with Crippen LogP contribution in [0.5, 0.6) is 5.75 Å². The zero-order valence-corrected chi connectivity index (χ0v) is 27.5. The standard InChI is InChI=1S/C33H43N3O5S2/c1-7-29(33(38)34-21-24(3)4)35(22-26-13-11-12-25(5)20-26)32(37)23-36(30-14-9-10-15-31(30)41-8-2)43(39,40)28-18-16-27(42-6)17-19-28/h9-20,24,29H,7-8,21-23H2,1-6H3,(H,34,38)/t29-/m0/s1. The fourth-order valence-corrected chi connectivity index (χ4v) is 6.51. The number of nitrogens with one attached hydrogen (secondary N) is 1. The zero-order valence-electron chi connectivity index (χ0n) is 25.9. The largest absolute Gasteiger partial charge is 0.492 e. The van der Waals surface area contributed by atoms with Gasteiger partial charge in [0.25, 0.3) is 10.0 Å². The summed E-state index contributed by atoms with van der Waals surface area (Å²) in [6, 6.07) is 20.3. The second kappa shape index (κ2) is 15.8. The molecule has 0 saturated heterocycles. The lowest BCUT2D eigenvalue weighted by Gasteiger charge is -2.33. The number of carbonyl (C=O) groups excluding carboxylic acids is 2. The van der Waals surface area contributed by atoms with Gasteiger partial charge in [0, 0.05) is 18.0 Å². The third-order valence-corrected chi connectivity index (χ3v) is 9.38. The number of hydrogen-bond donors (Lipinski definition) is 1. The molecule has 0 aliphatic heterocycles. The normalized spacial score (nSPS) is 12.1. The van der Waals surface area contributed by atoms with E-state index in [0.717, 1.165) is 20.3 Å². The van der Waals surface area contributed by atoms with E-state index in [1.807, 2.05) is 65.1 Å². The van der Waals surface area contributed by atoms with Crippen LogP contribution in [0.4, 0.5) is 5.69 Å². The van der Waals surface area contributed by atoms with E-state index in [2.05, 4.69) is 5.32 Å². The van der Waals surface area contributed by atoms with Crippen molar-refractivity contribution in [3.05, 3.63) is 83.9 Å². The molecule has 43 heavy (non-hydrogen) atoms. The predicted molar refractivity (Wildman–Crippen MR) is 174 cm³/mol. The van der Waals surface area contributed by atoms with Crippen molar-refractivity contribution < 1.29 is 22.7 Å². The minimum atomic E-state index is -4.21. The lowest BCUT2D eigenvalue weighted by molar-refractivity contribution is -0.140. The molecular weight excluding hydrogens is 583 g/mol. The van der Waals surface area contributed by atoms with E-state index in [9.17, 15) is 18.0 Å². The lowest BCUT2D eigenvalue weighted by Crippen LogP contribution is -2.52. The molecule has 1 atom stereocenters. The van der Waals surface area contributed by atoms with Crippen LogP contribution in [0, 0.1) is 12.8 Å². The molecule has 10 heteroatoms. The van der Waals surface area contributed by atoms with Gasteiger partial charge in [-0.15, -0.1) is 11.8 Å².